The van der Waals surface area contributed by atoms with Crippen LogP contribution in [-0.4, -0.2) is 76.5 Å². The van der Waals surface area contributed by atoms with Crippen molar-refractivity contribution >= 4 is 40.2 Å². The van der Waals surface area contributed by atoms with E-state index in [9.17, 15) is 4.79 Å². The van der Waals surface area contributed by atoms with Crippen molar-refractivity contribution in [2.24, 2.45) is 0 Å². The third-order valence-electron chi connectivity index (χ3n) is 6.34. The zero-order chi connectivity index (χ0) is 26.9. The molecule has 13 nitrogen and oxygen atoms in total. The molecule has 0 atom stereocenters. The van der Waals surface area contributed by atoms with Crippen LogP contribution in [0.2, 0.25) is 0 Å². The molecule has 1 amide bonds. The maximum atomic E-state index is 15.4. The van der Waals surface area contributed by atoms with Gasteiger partial charge in [0.1, 0.15) is 29.4 Å². The Hall–Kier alpha value is -5.27. The van der Waals surface area contributed by atoms with Crippen molar-refractivity contribution in [3.05, 3.63) is 67.3 Å². The predicted molar refractivity (Wildman–Crippen MR) is 139 cm³/mol. The summed E-state index contributed by atoms with van der Waals surface area (Å²) in [5, 5.41) is 7.03. The Kier molecular flexibility index (Phi) is 6.11. The van der Waals surface area contributed by atoms with Crippen molar-refractivity contribution in [1.29, 1.82) is 0 Å². The van der Waals surface area contributed by atoms with E-state index < -0.39 is 5.82 Å². The second kappa shape index (κ2) is 9.89. The van der Waals surface area contributed by atoms with E-state index in [4.69, 9.17) is 4.74 Å². The van der Waals surface area contributed by atoms with Crippen LogP contribution in [0.15, 0.2) is 55.9 Å². The molecular weight excluding hydrogens is 505 g/mol. The molecule has 1 N–H and O–H groups in total. The van der Waals surface area contributed by atoms with Gasteiger partial charge in [0.25, 0.3) is 5.78 Å². The number of fused-ring (bicyclic) bond motifs is 2. The van der Waals surface area contributed by atoms with E-state index >= 15 is 4.39 Å². The lowest BCUT2D eigenvalue weighted by molar-refractivity contribution is -0.126. The number of amides is 1. The second-order valence-electron chi connectivity index (χ2n) is 8.69. The van der Waals surface area contributed by atoms with Crippen LogP contribution in [0.5, 0.6) is 11.6 Å². The number of anilines is 3. The van der Waals surface area contributed by atoms with Crippen LogP contribution >= 0.6 is 0 Å². The van der Waals surface area contributed by atoms with Gasteiger partial charge < -0.3 is 19.9 Å². The van der Waals surface area contributed by atoms with Gasteiger partial charge in [-0.15, -0.1) is 0 Å². The first kappa shape index (κ1) is 24.1. The highest BCUT2D eigenvalue weighted by atomic mass is 19.1. The number of ether oxygens (including phenoxy) is 1. The number of piperazine rings is 1. The number of rotatable bonds is 6. The van der Waals surface area contributed by atoms with E-state index in [-0.39, 0.29) is 23.0 Å². The zero-order valence-electron chi connectivity index (χ0n) is 20.8. The molecule has 4 aromatic heterocycles. The first-order valence-electron chi connectivity index (χ1n) is 12.0. The molecule has 1 fully saturated rings. The van der Waals surface area contributed by atoms with Crippen molar-refractivity contribution in [1.82, 2.24) is 44.4 Å². The van der Waals surface area contributed by atoms with Crippen LogP contribution in [0, 0.1) is 12.7 Å². The third-order valence-corrected chi connectivity index (χ3v) is 6.34. The summed E-state index contributed by atoms with van der Waals surface area (Å²) in [7, 11) is 0. The molecule has 1 saturated heterocycles. The second-order valence-corrected chi connectivity index (χ2v) is 8.69. The van der Waals surface area contributed by atoms with Gasteiger partial charge in [0.2, 0.25) is 17.7 Å². The summed E-state index contributed by atoms with van der Waals surface area (Å²) in [6.45, 7) is 7.35. The van der Waals surface area contributed by atoms with Gasteiger partial charge in [0.05, 0.1) is 11.9 Å². The minimum Gasteiger partial charge on any atom is -0.438 e. The summed E-state index contributed by atoms with van der Waals surface area (Å²) in [6, 6.07) is 4.82. The maximum Gasteiger partial charge on any atom is 0.255 e. The fraction of sp³-hybridized carbons (Fsp3) is 0.200. The Morgan fingerprint density at radius 1 is 1.08 bits per heavy atom. The minimum absolute atomic E-state index is 0.102. The lowest BCUT2D eigenvalue weighted by atomic mass is 10.2. The van der Waals surface area contributed by atoms with E-state index in [0.717, 1.165) is 0 Å². The van der Waals surface area contributed by atoms with Crippen molar-refractivity contribution in [2.75, 3.05) is 36.4 Å². The monoisotopic (exact) mass is 527 g/mol. The van der Waals surface area contributed by atoms with Gasteiger partial charge in [-0.25, -0.2) is 28.8 Å². The van der Waals surface area contributed by atoms with Gasteiger partial charge in [0.15, 0.2) is 11.6 Å². The maximum absolute atomic E-state index is 15.4. The number of hydrogen-bond acceptors (Lipinski definition) is 11. The molecule has 196 valence electrons. The van der Waals surface area contributed by atoms with Crippen LogP contribution in [0.3, 0.4) is 0 Å². The molecule has 0 unspecified atom stereocenters. The Morgan fingerprint density at radius 3 is 2.74 bits per heavy atom. The third kappa shape index (κ3) is 4.63. The van der Waals surface area contributed by atoms with E-state index in [1.54, 1.807) is 42.4 Å². The molecule has 0 radical (unpaired) electrons. The Bertz CT molecular complexity index is 1720. The summed E-state index contributed by atoms with van der Waals surface area (Å²) >= 11 is 0. The Balaban J connectivity index is 1.24. The number of nitrogens with zero attached hydrogens (tertiary/aromatic N) is 10. The van der Waals surface area contributed by atoms with Crippen molar-refractivity contribution < 1.29 is 13.9 Å². The number of halogens is 1. The molecule has 0 bridgehead atoms. The van der Waals surface area contributed by atoms with Crippen molar-refractivity contribution in [3.63, 3.8) is 0 Å². The molecular formula is C25H22FN11O2. The summed E-state index contributed by atoms with van der Waals surface area (Å²) in [5.74, 6) is 1.13. The van der Waals surface area contributed by atoms with E-state index in [2.05, 4.69) is 46.9 Å². The molecule has 0 spiro atoms. The largest absolute Gasteiger partial charge is 0.438 e. The lowest BCUT2D eigenvalue weighted by Gasteiger charge is -2.34. The normalized spacial score (nSPS) is 13.6. The fourth-order valence-electron chi connectivity index (χ4n) is 4.22. The molecule has 14 heteroatoms. The standard InChI is InChI=1S/C25H22FN11O2/c1-3-20(38)35-8-10-36(11-9-35)24-27-12-17-22(34-24)23(29-13-28-17)32-16-4-5-18(15(2)21(16)26)39-19-6-7-37-25(33-19)30-14-31-37/h3-7,12-14H,1,8-11H2,2H3,(H,28,29,32). The van der Waals surface area contributed by atoms with Gasteiger partial charge in [-0.1, -0.05) is 6.58 Å². The number of aromatic nitrogens is 8. The van der Waals surface area contributed by atoms with Crippen LogP contribution in [0.25, 0.3) is 16.8 Å². The molecule has 39 heavy (non-hydrogen) atoms. The zero-order valence-corrected chi connectivity index (χ0v) is 20.8. The van der Waals surface area contributed by atoms with Crippen LogP contribution in [-0.2, 0) is 4.79 Å². The molecule has 5 heterocycles. The Labute approximate surface area is 221 Å². The number of carbonyl (C=O) groups is 1. The number of carbonyl (C=O) groups excluding carboxylic acids is 1. The van der Waals surface area contributed by atoms with Gasteiger partial charge in [0, 0.05) is 44.0 Å². The van der Waals surface area contributed by atoms with Crippen molar-refractivity contribution in [3.8, 4) is 11.6 Å². The molecule has 1 aromatic carbocycles. The van der Waals surface area contributed by atoms with Gasteiger partial charge >= 0.3 is 0 Å². The first-order chi connectivity index (χ1) is 19.0. The van der Waals surface area contributed by atoms with E-state index in [1.165, 1.54) is 23.2 Å². The Morgan fingerprint density at radius 2 is 1.92 bits per heavy atom. The highest BCUT2D eigenvalue weighted by molar-refractivity contribution is 5.88. The summed E-state index contributed by atoms with van der Waals surface area (Å²) < 4.78 is 22.8. The molecule has 6 rings (SSSR count). The van der Waals surface area contributed by atoms with Gasteiger partial charge in [-0.3, -0.25) is 4.79 Å². The van der Waals surface area contributed by atoms with Crippen molar-refractivity contribution in [2.45, 2.75) is 6.92 Å². The lowest BCUT2D eigenvalue weighted by Crippen LogP contribution is -2.48. The van der Waals surface area contributed by atoms with Gasteiger partial charge in [-0.2, -0.15) is 15.1 Å². The molecule has 1 aliphatic heterocycles. The minimum atomic E-state index is -0.514. The van der Waals surface area contributed by atoms with Crippen LogP contribution < -0.4 is 15.0 Å². The van der Waals surface area contributed by atoms with Crippen LogP contribution in [0.4, 0.5) is 21.8 Å². The average Bonchev–Trinajstić information content (AvgIpc) is 3.44. The number of hydrogen-bond donors (Lipinski definition) is 1. The fourth-order valence-corrected chi connectivity index (χ4v) is 4.22. The summed E-state index contributed by atoms with van der Waals surface area (Å²) in [6.07, 6.45) is 7.31. The molecule has 1 aliphatic rings. The molecule has 0 saturated carbocycles. The number of benzene rings is 1. The van der Waals surface area contributed by atoms with Gasteiger partial charge in [-0.05, 0) is 25.1 Å². The highest BCUT2D eigenvalue weighted by Gasteiger charge is 2.22. The van der Waals surface area contributed by atoms with Crippen LogP contribution in [0.1, 0.15) is 5.56 Å². The molecule has 5 aromatic rings. The quantitative estimate of drug-likeness (QED) is 0.326. The predicted octanol–water partition coefficient (Wildman–Crippen LogP) is 2.68. The SMILES string of the molecule is C=CC(=O)N1CCN(c2ncc3ncnc(Nc4ccc(Oc5ccn6ncnc6n5)c(C)c4F)c3n2)CC1. The highest BCUT2D eigenvalue weighted by Crippen LogP contribution is 2.32. The summed E-state index contributed by atoms with van der Waals surface area (Å²) in [5.41, 5.74) is 1.42. The summed E-state index contributed by atoms with van der Waals surface area (Å²) in [4.78, 5) is 41.5. The topological polar surface area (TPSA) is 139 Å². The smallest absolute Gasteiger partial charge is 0.255 e. The van der Waals surface area contributed by atoms with E-state index in [0.29, 0.717) is 60.5 Å². The van der Waals surface area contributed by atoms with E-state index in [1.807, 2.05) is 4.90 Å². The number of nitrogens with one attached hydrogen (secondary N) is 1. The first-order valence-corrected chi connectivity index (χ1v) is 12.0. The molecule has 0 aliphatic carbocycles. The average molecular weight is 528 g/mol.